The van der Waals surface area contributed by atoms with Gasteiger partial charge in [0.05, 0.1) is 6.20 Å². The van der Waals surface area contributed by atoms with Crippen LogP contribution in [0.3, 0.4) is 0 Å². The van der Waals surface area contributed by atoms with Crippen molar-refractivity contribution >= 4 is 33.4 Å². The number of aryl methyl sites for hydroxylation is 1. The minimum absolute atomic E-state index is 0.588. The van der Waals surface area contributed by atoms with Crippen LogP contribution in [0, 0.1) is 6.92 Å². The molecule has 25 heavy (non-hydrogen) atoms. The van der Waals surface area contributed by atoms with E-state index in [1.165, 1.54) is 11.1 Å². The van der Waals surface area contributed by atoms with Gasteiger partial charge in [0.2, 0.25) is 5.95 Å². The van der Waals surface area contributed by atoms with Crippen molar-refractivity contribution in [2.45, 2.75) is 13.3 Å². The number of halogens is 1. The molecule has 128 valence electrons. The molecule has 0 saturated heterocycles. The summed E-state index contributed by atoms with van der Waals surface area (Å²) in [6.07, 6.45) is 6.12. The smallest absolute Gasteiger partial charge is 0.247 e. The van der Waals surface area contributed by atoms with Gasteiger partial charge in [-0.1, -0.05) is 22.0 Å². The zero-order chi connectivity index (χ0) is 17.6. The summed E-state index contributed by atoms with van der Waals surface area (Å²) < 4.78 is 1.05. The van der Waals surface area contributed by atoms with Crippen LogP contribution in [0.4, 0.5) is 17.5 Å². The lowest BCUT2D eigenvalue weighted by Crippen LogP contribution is -2.23. The second kappa shape index (κ2) is 8.02. The first-order chi connectivity index (χ1) is 12.1. The van der Waals surface area contributed by atoms with Gasteiger partial charge in [0, 0.05) is 36.1 Å². The molecule has 0 radical (unpaired) electrons. The summed E-state index contributed by atoms with van der Waals surface area (Å²) in [5, 5.41) is 11.4. The van der Waals surface area contributed by atoms with Gasteiger partial charge in [0.15, 0.2) is 5.82 Å². The van der Waals surface area contributed by atoms with Gasteiger partial charge in [-0.3, -0.25) is 4.98 Å². The first-order valence-electron chi connectivity index (χ1n) is 7.95. The summed E-state index contributed by atoms with van der Waals surface area (Å²) in [4.78, 5) is 10.6. The average molecular weight is 399 g/mol. The van der Waals surface area contributed by atoms with Gasteiger partial charge >= 0.3 is 0 Å². The first-order valence-corrected chi connectivity index (χ1v) is 8.74. The van der Waals surface area contributed by atoms with Crippen molar-refractivity contribution in [3.63, 3.8) is 0 Å². The number of hydrogen-bond donors (Lipinski definition) is 1. The number of likely N-dealkylation sites (N-methyl/N-ethyl adjacent to an activating group) is 1. The van der Waals surface area contributed by atoms with Crippen LogP contribution >= 0.6 is 15.9 Å². The number of nitrogens with zero attached hydrogens (tertiary/aromatic N) is 5. The summed E-state index contributed by atoms with van der Waals surface area (Å²) in [6.45, 7) is 2.85. The highest BCUT2D eigenvalue weighted by atomic mass is 79.9. The van der Waals surface area contributed by atoms with E-state index in [2.05, 4.69) is 48.3 Å². The van der Waals surface area contributed by atoms with Gasteiger partial charge in [-0.05, 0) is 48.7 Å². The maximum atomic E-state index is 4.55. The molecule has 1 aromatic carbocycles. The van der Waals surface area contributed by atoms with Gasteiger partial charge < -0.3 is 10.2 Å². The number of pyridine rings is 1. The molecule has 2 heterocycles. The highest BCUT2D eigenvalue weighted by molar-refractivity contribution is 9.10. The molecule has 0 fully saturated rings. The Morgan fingerprint density at radius 2 is 1.96 bits per heavy atom. The Hall–Kier alpha value is -2.54. The van der Waals surface area contributed by atoms with E-state index in [0.29, 0.717) is 11.8 Å². The van der Waals surface area contributed by atoms with Gasteiger partial charge in [0.1, 0.15) is 0 Å². The van der Waals surface area contributed by atoms with E-state index in [-0.39, 0.29) is 0 Å². The third-order valence-corrected chi connectivity index (χ3v) is 4.67. The minimum atomic E-state index is 0.588. The van der Waals surface area contributed by atoms with Gasteiger partial charge in [0.25, 0.3) is 0 Å². The molecule has 6 nitrogen and oxygen atoms in total. The van der Waals surface area contributed by atoms with Gasteiger partial charge in [-0.25, -0.2) is 0 Å². The number of rotatable bonds is 6. The highest BCUT2D eigenvalue weighted by Crippen LogP contribution is 2.23. The highest BCUT2D eigenvalue weighted by Gasteiger charge is 2.07. The molecule has 3 rings (SSSR count). The van der Waals surface area contributed by atoms with Crippen molar-refractivity contribution in [2.75, 3.05) is 23.8 Å². The molecule has 1 N–H and O–H groups in total. The summed E-state index contributed by atoms with van der Waals surface area (Å²) in [5.41, 5.74) is 3.36. The number of nitrogens with one attached hydrogen (secondary N) is 1. The predicted octanol–water partition coefficient (Wildman–Crippen LogP) is 3.76. The fraction of sp³-hybridized carbons (Fsp3) is 0.222. The standard InChI is InChI=1S/C18H19BrN6/c1-13-3-4-15(11-16(13)19)22-17-12-21-24-18(23-17)25(2)10-7-14-5-8-20-9-6-14/h3-6,8-9,11-12H,7,10H2,1-2H3,(H,22,23,24). The van der Waals surface area contributed by atoms with E-state index in [1.54, 1.807) is 18.6 Å². The lowest BCUT2D eigenvalue weighted by atomic mass is 10.2. The monoisotopic (exact) mass is 398 g/mol. The van der Waals surface area contributed by atoms with E-state index in [0.717, 1.165) is 23.1 Å². The topological polar surface area (TPSA) is 66.8 Å². The second-order valence-electron chi connectivity index (χ2n) is 5.76. The maximum absolute atomic E-state index is 4.55. The van der Waals surface area contributed by atoms with E-state index in [9.17, 15) is 0 Å². The van der Waals surface area contributed by atoms with Gasteiger partial charge in [-0.2, -0.15) is 10.1 Å². The van der Waals surface area contributed by atoms with Gasteiger partial charge in [-0.15, -0.1) is 5.10 Å². The van der Waals surface area contributed by atoms with E-state index in [4.69, 9.17) is 0 Å². The second-order valence-corrected chi connectivity index (χ2v) is 6.61. The number of hydrogen-bond acceptors (Lipinski definition) is 6. The van der Waals surface area contributed by atoms with Crippen molar-refractivity contribution < 1.29 is 0 Å². The van der Waals surface area contributed by atoms with Crippen LogP contribution in [-0.4, -0.2) is 33.8 Å². The molecule has 0 aliphatic heterocycles. The molecular weight excluding hydrogens is 380 g/mol. The third kappa shape index (κ3) is 4.73. The zero-order valence-electron chi connectivity index (χ0n) is 14.1. The van der Waals surface area contributed by atoms with E-state index < -0.39 is 0 Å². The Bertz CT molecular complexity index is 840. The van der Waals surface area contributed by atoms with E-state index >= 15 is 0 Å². The summed E-state index contributed by atoms with van der Waals surface area (Å²) in [5.74, 6) is 1.25. The molecule has 0 unspecified atom stereocenters. The third-order valence-electron chi connectivity index (χ3n) is 3.82. The number of aromatic nitrogens is 4. The fourth-order valence-electron chi connectivity index (χ4n) is 2.28. The van der Waals surface area contributed by atoms with Crippen LogP contribution in [0.15, 0.2) is 53.4 Å². The molecule has 0 spiro atoms. The zero-order valence-corrected chi connectivity index (χ0v) is 15.7. The predicted molar refractivity (Wildman–Crippen MR) is 103 cm³/mol. The molecule has 0 amide bonds. The molecular formula is C18H19BrN6. The summed E-state index contributed by atoms with van der Waals surface area (Å²) in [6, 6.07) is 10.1. The molecule has 0 saturated carbocycles. The van der Waals surface area contributed by atoms with Crippen LogP contribution in [-0.2, 0) is 6.42 Å². The lowest BCUT2D eigenvalue weighted by Gasteiger charge is -2.17. The quantitative estimate of drug-likeness (QED) is 0.681. The Morgan fingerprint density at radius 1 is 1.16 bits per heavy atom. The number of benzene rings is 1. The largest absolute Gasteiger partial charge is 0.342 e. The normalized spacial score (nSPS) is 10.5. The van der Waals surface area contributed by atoms with Crippen molar-refractivity contribution in [1.29, 1.82) is 0 Å². The molecule has 3 aromatic rings. The molecule has 7 heteroatoms. The Labute approximate surface area is 155 Å². The van der Waals surface area contributed by atoms with Crippen molar-refractivity contribution in [3.8, 4) is 0 Å². The fourth-order valence-corrected chi connectivity index (χ4v) is 2.66. The van der Waals surface area contributed by atoms with Crippen LogP contribution < -0.4 is 10.2 Å². The molecule has 0 bridgehead atoms. The summed E-state index contributed by atoms with van der Waals surface area (Å²) >= 11 is 3.54. The van der Waals surface area contributed by atoms with Crippen LogP contribution in [0.1, 0.15) is 11.1 Å². The minimum Gasteiger partial charge on any atom is -0.342 e. The number of anilines is 3. The first kappa shape index (κ1) is 17.3. The molecule has 0 atom stereocenters. The Kier molecular flexibility index (Phi) is 5.55. The van der Waals surface area contributed by atoms with E-state index in [1.807, 2.05) is 42.3 Å². The molecule has 0 aliphatic rings. The van der Waals surface area contributed by atoms with Crippen LogP contribution in [0.2, 0.25) is 0 Å². The average Bonchev–Trinajstić information content (AvgIpc) is 2.64. The van der Waals surface area contributed by atoms with Crippen LogP contribution in [0.25, 0.3) is 0 Å². The Morgan fingerprint density at radius 3 is 2.72 bits per heavy atom. The molecule has 0 aliphatic carbocycles. The maximum Gasteiger partial charge on any atom is 0.247 e. The summed E-state index contributed by atoms with van der Waals surface area (Å²) in [7, 11) is 1.96. The lowest BCUT2D eigenvalue weighted by molar-refractivity contribution is 0.812. The van der Waals surface area contributed by atoms with Crippen LogP contribution in [0.5, 0.6) is 0 Å². The van der Waals surface area contributed by atoms with Crippen molar-refractivity contribution in [1.82, 2.24) is 20.2 Å². The van der Waals surface area contributed by atoms with Crippen molar-refractivity contribution in [2.24, 2.45) is 0 Å². The van der Waals surface area contributed by atoms with Crippen molar-refractivity contribution in [3.05, 3.63) is 64.5 Å². The Balaban J connectivity index is 1.66. The molecule has 2 aromatic heterocycles. The SMILES string of the molecule is Cc1ccc(Nc2cnnc(N(C)CCc3ccncc3)n2)cc1Br.